The van der Waals surface area contributed by atoms with Crippen LogP contribution in [0.25, 0.3) is 0 Å². The van der Waals surface area contributed by atoms with Crippen LogP contribution < -0.4 is 5.43 Å². The van der Waals surface area contributed by atoms with Gasteiger partial charge >= 0.3 is 0 Å². The molecule has 0 bridgehead atoms. The van der Waals surface area contributed by atoms with Gasteiger partial charge in [0, 0.05) is 28.3 Å². The first-order valence-corrected chi connectivity index (χ1v) is 9.65. The van der Waals surface area contributed by atoms with E-state index in [0.717, 1.165) is 27.9 Å². The van der Waals surface area contributed by atoms with E-state index in [2.05, 4.69) is 20.5 Å². The first-order chi connectivity index (χ1) is 13.5. The molecule has 0 atom stereocenters. The zero-order valence-corrected chi connectivity index (χ0v) is 16.4. The Bertz CT molecular complexity index is 983. The van der Waals surface area contributed by atoms with Crippen LogP contribution in [0.4, 0.5) is 0 Å². The number of aromatic hydroxyl groups is 1. The molecule has 142 valence electrons. The van der Waals surface area contributed by atoms with Gasteiger partial charge < -0.3 is 5.11 Å². The molecule has 6 nitrogen and oxygen atoms in total. The lowest BCUT2D eigenvalue weighted by Crippen LogP contribution is -2.17. The number of hydrogen-bond donors (Lipinski definition) is 2. The maximum absolute atomic E-state index is 12.2. The summed E-state index contributed by atoms with van der Waals surface area (Å²) in [6.45, 7) is 3.90. The third kappa shape index (κ3) is 5.40. The fraction of sp³-hybridized carbons (Fsp3) is 0.143. The summed E-state index contributed by atoms with van der Waals surface area (Å²) in [6, 6.07) is 16.0. The smallest absolute Gasteiger partial charge is 0.271 e. The van der Waals surface area contributed by atoms with Crippen LogP contribution in [0.1, 0.15) is 32.9 Å². The van der Waals surface area contributed by atoms with Gasteiger partial charge in [-0.3, -0.25) is 4.79 Å². The van der Waals surface area contributed by atoms with Gasteiger partial charge in [0.25, 0.3) is 5.91 Å². The molecule has 3 aromatic rings. The van der Waals surface area contributed by atoms with Crippen LogP contribution in [0.2, 0.25) is 0 Å². The molecule has 1 heterocycles. The van der Waals surface area contributed by atoms with E-state index in [-0.39, 0.29) is 11.7 Å². The monoisotopic (exact) mass is 392 g/mol. The number of phenolic OH excluding ortho intramolecular Hbond substituents is 1. The van der Waals surface area contributed by atoms with Gasteiger partial charge in [0.15, 0.2) is 5.16 Å². The predicted octanol–water partition coefficient (Wildman–Crippen LogP) is 3.86. The highest BCUT2D eigenvalue weighted by Gasteiger charge is 2.06. The molecule has 0 fully saturated rings. The molecule has 0 spiro atoms. The zero-order chi connectivity index (χ0) is 19.9. The highest BCUT2D eigenvalue weighted by atomic mass is 32.2. The van der Waals surface area contributed by atoms with Crippen molar-refractivity contribution in [3.8, 4) is 5.75 Å². The molecule has 3 rings (SSSR count). The summed E-state index contributed by atoms with van der Waals surface area (Å²) < 4.78 is 0. The van der Waals surface area contributed by atoms with Crippen LogP contribution in [0, 0.1) is 13.8 Å². The Morgan fingerprint density at radius 2 is 1.79 bits per heavy atom. The van der Waals surface area contributed by atoms with Crippen LogP contribution >= 0.6 is 11.8 Å². The lowest BCUT2D eigenvalue weighted by atomic mass is 10.1. The molecule has 1 amide bonds. The van der Waals surface area contributed by atoms with E-state index in [1.807, 2.05) is 32.0 Å². The first kappa shape index (κ1) is 19.6. The van der Waals surface area contributed by atoms with Crippen LogP contribution in [0.5, 0.6) is 5.75 Å². The number of aromatic nitrogens is 2. The quantitative estimate of drug-likeness (QED) is 0.288. The van der Waals surface area contributed by atoms with E-state index >= 15 is 0 Å². The van der Waals surface area contributed by atoms with Gasteiger partial charge in [0.1, 0.15) is 5.75 Å². The first-order valence-electron chi connectivity index (χ1n) is 8.67. The summed E-state index contributed by atoms with van der Waals surface area (Å²) in [5, 5.41) is 14.3. The van der Waals surface area contributed by atoms with Gasteiger partial charge in [-0.15, -0.1) is 0 Å². The van der Waals surface area contributed by atoms with Crippen LogP contribution in [0.15, 0.2) is 64.9 Å². The number of amides is 1. The normalized spacial score (nSPS) is 10.9. The Morgan fingerprint density at radius 1 is 1.11 bits per heavy atom. The van der Waals surface area contributed by atoms with Crippen molar-refractivity contribution in [1.29, 1.82) is 0 Å². The minimum Gasteiger partial charge on any atom is -0.507 e. The molecule has 0 radical (unpaired) electrons. The van der Waals surface area contributed by atoms with Gasteiger partial charge in [-0.2, -0.15) is 5.10 Å². The second-order valence-corrected chi connectivity index (χ2v) is 7.12. The fourth-order valence-electron chi connectivity index (χ4n) is 2.48. The van der Waals surface area contributed by atoms with E-state index in [1.54, 1.807) is 48.2 Å². The number of rotatable bonds is 6. The fourth-order valence-corrected chi connectivity index (χ4v) is 3.39. The zero-order valence-electron chi connectivity index (χ0n) is 15.6. The molecule has 0 aliphatic carbocycles. The molecule has 7 heteroatoms. The molecular formula is C21H20N4O2S. The summed E-state index contributed by atoms with van der Waals surface area (Å²) in [6.07, 6.45) is 1.40. The largest absolute Gasteiger partial charge is 0.507 e. The number of hydrazone groups is 1. The van der Waals surface area contributed by atoms with Gasteiger partial charge in [0.2, 0.25) is 0 Å². The Hall–Kier alpha value is -3.19. The number of nitrogens with zero attached hydrogens (tertiary/aromatic N) is 3. The number of hydrogen-bond acceptors (Lipinski definition) is 6. The number of carbonyl (C=O) groups excluding carboxylic acids is 1. The maximum atomic E-state index is 12.2. The summed E-state index contributed by atoms with van der Waals surface area (Å²) in [5.74, 6) is 0.509. The molecule has 2 N–H and O–H groups in total. The van der Waals surface area contributed by atoms with E-state index in [4.69, 9.17) is 0 Å². The molecule has 0 saturated carbocycles. The van der Waals surface area contributed by atoms with Crippen LogP contribution in [-0.4, -0.2) is 27.2 Å². The summed E-state index contributed by atoms with van der Waals surface area (Å²) in [5.41, 5.74) is 6.47. The molecule has 1 aromatic heterocycles. The SMILES string of the molecule is Cc1cc(C)nc(SCc2ccc(C(=O)N/N=C/c3ccccc3O)cc2)n1. The molecule has 0 unspecified atom stereocenters. The van der Waals surface area contributed by atoms with Crippen LogP contribution in [-0.2, 0) is 5.75 Å². The van der Waals surface area contributed by atoms with E-state index in [0.29, 0.717) is 11.1 Å². The topological polar surface area (TPSA) is 87.5 Å². The van der Waals surface area contributed by atoms with Crippen molar-refractivity contribution in [2.24, 2.45) is 5.10 Å². The van der Waals surface area contributed by atoms with Crippen molar-refractivity contribution in [3.05, 3.63) is 82.7 Å². The number of phenols is 1. The molecule has 0 saturated heterocycles. The van der Waals surface area contributed by atoms with Gasteiger partial charge in [-0.25, -0.2) is 15.4 Å². The van der Waals surface area contributed by atoms with Crippen LogP contribution in [0.3, 0.4) is 0 Å². The van der Waals surface area contributed by atoms with E-state index in [1.165, 1.54) is 6.21 Å². The van der Waals surface area contributed by atoms with Gasteiger partial charge in [-0.1, -0.05) is 36.0 Å². The van der Waals surface area contributed by atoms with E-state index in [9.17, 15) is 9.90 Å². The molecule has 0 aliphatic heterocycles. The number of carbonyl (C=O) groups is 1. The van der Waals surface area contributed by atoms with Gasteiger partial charge in [0.05, 0.1) is 6.21 Å². The number of aryl methyl sites for hydroxylation is 2. The molecule has 2 aromatic carbocycles. The minimum atomic E-state index is -0.316. The number of nitrogens with one attached hydrogen (secondary N) is 1. The Labute approximate surface area is 167 Å². The summed E-state index contributed by atoms with van der Waals surface area (Å²) in [4.78, 5) is 21.0. The second-order valence-electron chi connectivity index (χ2n) is 6.18. The standard InChI is InChI=1S/C21H20N4O2S/c1-14-11-15(2)24-21(23-14)28-13-16-7-9-17(10-8-16)20(27)25-22-12-18-5-3-4-6-19(18)26/h3-12,26H,13H2,1-2H3,(H,25,27)/b22-12+. The average Bonchev–Trinajstić information content (AvgIpc) is 2.67. The second kappa shape index (κ2) is 9.14. The maximum Gasteiger partial charge on any atom is 0.271 e. The molecular weight excluding hydrogens is 372 g/mol. The Balaban J connectivity index is 1.56. The van der Waals surface area contributed by atoms with Crippen molar-refractivity contribution in [2.45, 2.75) is 24.8 Å². The molecule has 28 heavy (non-hydrogen) atoms. The summed E-state index contributed by atoms with van der Waals surface area (Å²) in [7, 11) is 0. The molecule has 0 aliphatic rings. The minimum absolute atomic E-state index is 0.107. The third-order valence-corrected chi connectivity index (χ3v) is 4.77. The lowest BCUT2D eigenvalue weighted by molar-refractivity contribution is 0.0955. The Kier molecular flexibility index (Phi) is 6.39. The number of thioether (sulfide) groups is 1. The van der Waals surface area contributed by atoms with Crippen molar-refractivity contribution in [2.75, 3.05) is 0 Å². The lowest BCUT2D eigenvalue weighted by Gasteiger charge is -2.05. The number of para-hydroxylation sites is 1. The average molecular weight is 392 g/mol. The van der Waals surface area contributed by atoms with Crippen molar-refractivity contribution < 1.29 is 9.90 Å². The van der Waals surface area contributed by atoms with Gasteiger partial charge in [-0.05, 0) is 49.7 Å². The van der Waals surface area contributed by atoms with Crippen molar-refractivity contribution >= 4 is 23.9 Å². The number of benzene rings is 2. The van der Waals surface area contributed by atoms with E-state index < -0.39 is 0 Å². The Morgan fingerprint density at radius 3 is 2.46 bits per heavy atom. The third-order valence-electron chi connectivity index (χ3n) is 3.85. The highest BCUT2D eigenvalue weighted by molar-refractivity contribution is 7.98. The van der Waals surface area contributed by atoms with Crippen molar-refractivity contribution in [1.82, 2.24) is 15.4 Å². The highest BCUT2D eigenvalue weighted by Crippen LogP contribution is 2.20. The predicted molar refractivity (Wildman–Crippen MR) is 111 cm³/mol. The summed E-state index contributed by atoms with van der Waals surface area (Å²) >= 11 is 1.56. The van der Waals surface area contributed by atoms with Crippen molar-refractivity contribution in [3.63, 3.8) is 0 Å².